The van der Waals surface area contributed by atoms with Crippen molar-refractivity contribution in [3.8, 4) is 6.07 Å². The molecule has 1 saturated heterocycles. The number of nitro groups is 1. The van der Waals surface area contributed by atoms with Gasteiger partial charge in [0.25, 0.3) is 5.69 Å². The van der Waals surface area contributed by atoms with Gasteiger partial charge in [0, 0.05) is 18.2 Å². The SMILES string of the molecule is CN1CCCC(Nc2ccc([N+](=O)[O-])cc2C#N)CC1. The summed E-state index contributed by atoms with van der Waals surface area (Å²) in [5, 5.41) is 23.2. The van der Waals surface area contributed by atoms with Crippen LogP contribution in [0.3, 0.4) is 0 Å². The van der Waals surface area contributed by atoms with Gasteiger partial charge in [0.15, 0.2) is 0 Å². The summed E-state index contributed by atoms with van der Waals surface area (Å²) < 4.78 is 0. The third-order valence-corrected chi connectivity index (χ3v) is 3.65. The van der Waals surface area contributed by atoms with Crippen molar-refractivity contribution in [2.75, 3.05) is 25.5 Å². The average molecular weight is 274 g/mol. The quantitative estimate of drug-likeness (QED) is 0.676. The first-order valence-corrected chi connectivity index (χ1v) is 6.74. The molecule has 0 radical (unpaired) electrons. The molecular weight excluding hydrogens is 256 g/mol. The van der Waals surface area contributed by atoms with Crippen LogP contribution in [-0.2, 0) is 0 Å². The van der Waals surface area contributed by atoms with E-state index in [1.807, 2.05) is 6.07 Å². The lowest BCUT2D eigenvalue weighted by molar-refractivity contribution is -0.384. The van der Waals surface area contributed by atoms with Crippen LogP contribution in [0.25, 0.3) is 0 Å². The van der Waals surface area contributed by atoms with E-state index in [2.05, 4.69) is 17.3 Å². The van der Waals surface area contributed by atoms with E-state index in [1.165, 1.54) is 12.1 Å². The van der Waals surface area contributed by atoms with Crippen molar-refractivity contribution in [3.05, 3.63) is 33.9 Å². The van der Waals surface area contributed by atoms with Gasteiger partial charge in [-0.05, 0) is 45.5 Å². The van der Waals surface area contributed by atoms with Crippen molar-refractivity contribution in [1.82, 2.24) is 4.90 Å². The highest BCUT2D eigenvalue weighted by Gasteiger charge is 2.17. The number of nitriles is 1. The average Bonchev–Trinajstić information content (AvgIpc) is 2.64. The zero-order valence-electron chi connectivity index (χ0n) is 11.5. The largest absolute Gasteiger partial charge is 0.381 e. The molecule has 6 nitrogen and oxygen atoms in total. The fourth-order valence-electron chi connectivity index (χ4n) is 2.47. The van der Waals surface area contributed by atoms with Crippen LogP contribution in [0.2, 0.25) is 0 Å². The van der Waals surface area contributed by atoms with Crippen LogP contribution in [0.5, 0.6) is 0 Å². The Morgan fingerprint density at radius 2 is 2.25 bits per heavy atom. The molecule has 0 bridgehead atoms. The van der Waals surface area contributed by atoms with Gasteiger partial charge in [0.1, 0.15) is 6.07 Å². The van der Waals surface area contributed by atoms with E-state index >= 15 is 0 Å². The van der Waals surface area contributed by atoms with E-state index in [4.69, 9.17) is 5.26 Å². The maximum atomic E-state index is 10.7. The number of hydrogen-bond acceptors (Lipinski definition) is 5. The number of non-ortho nitro benzene ring substituents is 1. The number of nitro benzene ring substituents is 1. The van der Waals surface area contributed by atoms with Gasteiger partial charge in [-0.15, -0.1) is 0 Å². The summed E-state index contributed by atoms with van der Waals surface area (Å²) in [5.41, 5.74) is 0.970. The highest BCUT2D eigenvalue weighted by Crippen LogP contribution is 2.24. The molecule has 6 heteroatoms. The van der Waals surface area contributed by atoms with Gasteiger partial charge in [-0.25, -0.2) is 0 Å². The fourth-order valence-corrected chi connectivity index (χ4v) is 2.47. The minimum atomic E-state index is -0.481. The van der Waals surface area contributed by atoms with Crippen LogP contribution in [-0.4, -0.2) is 36.0 Å². The first-order chi connectivity index (χ1) is 9.60. The highest BCUT2D eigenvalue weighted by molar-refractivity contribution is 5.61. The summed E-state index contributed by atoms with van der Waals surface area (Å²) in [6, 6.07) is 6.73. The molecule has 1 aliphatic rings. The van der Waals surface area contributed by atoms with Crippen LogP contribution in [0.1, 0.15) is 24.8 Å². The Morgan fingerprint density at radius 1 is 1.45 bits per heavy atom. The van der Waals surface area contributed by atoms with Crippen LogP contribution in [0.15, 0.2) is 18.2 Å². The third-order valence-electron chi connectivity index (χ3n) is 3.65. The zero-order valence-corrected chi connectivity index (χ0v) is 11.5. The van der Waals surface area contributed by atoms with Crippen molar-refractivity contribution in [2.45, 2.75) is 25.3 Å². The standard InChI is InChI=1S/C14H18N4O2/c1-17-7-2-3-12(6-8-17)16-14-5-4-13(18(19)20)9-11(14)10-15/h4-5,9,12,16H,2-3,6-8H2,1H3. The first-order valence-electron chi connectivity index (χ1n) is 6.74. The molecule has 2 rings (SSSR count). The van der Waals surface area contributed by atoms with Gasteiger partial charge in [-0.3, -0.25) is 10.1 Å². The minimum absolute atomic E-state index is 0.0484. The molecule has 0 spiro atoms. The summed E-state index contributed by atoms with van der Waals surface area (Å²) in [6.07, 6.45) is 3.17. The second kappa shape index (κ2) is 6.35. The molecule has 1 aromatic rings. The van der Waals surface area contributed by atoms with Crippen LogP contribution in [0, 0.1) is 21.4 Å². The zero-order chi connectivity index (χ0) is 14.5. The van der Waals surface area contributed by atoms with Gasteiger partial charge in [0.05, 0.1) is 16.2 Å². The molecule has 0 aromatic heterocycles. The monoisotopic (exact) mass is 274 g/mol. The van der Waals surface area contributed by atoms with Crippen molar-refractivity contribution < 1.29 is 4.92 Å². The molecule has 1 atom stereocenters. The predicted octanol–water partition coefficient (Wildman–Crippen LogP) is 2.36. The molecule has 0 saturated carbocycles. The minimum Gasteiger partial charge on any atom is -0.381 e. The van der Waals surface area contributed by atoms with Gasteiger partial charge < -0.3 is 10.2 Å². The summed E-state index contributed by atoms with van der Waals surface area (Å²) in [6.45, 7) is 2.11. The number of nitrogens with one attached hydrogen (secondary N) is 1. The van der Waals surface area contributed by atoms with Crippen LogP contribution < -0.4 is 5.32 Å². The normalized spacial score (nSPS) is 19.9. The van der Waals surface area contributed by atoms with Crippen molar-refractivity contribution in [3.63, 3.8) is 0 Å². The summed E-state index contributed by atoms with van der Waals surface area (Å²) in [7, 11) is 2.11. The maximum Gasteiger partial charge on any atom is 0.270 e. The van der Waals surface area contributed by atoms with Crippen molar-refractivity contribution >= 4 is 11.4 Å². The summed E-state index contributed by atoms with van der Waals surface area (Å²) >= 11 is 0. The lowest BCUT2D eigenvalue weighted by atomic mass is 10.1. The Kier molecular flexibility index (Phi) is 4.53. The Bertz CT molecular complexity index is 538. The molecule has 1 fully saturated rings. The summed E-state index contributed by atoms with van der Waals surface area (Å²) in [5.74, 6) is 0. The molecule has 1 aliphatic heterocycles. The van der Waals surface area contributed by atoms with E-state index in [0.29, 0.717) is 17.3 Å². The molecule has 20 heavy (non-hydrogen) atoms. The van der Waals surface area contributed by atoms with Gasteiger partial charge in [-0.1, -0.05) is 0 Å². The number of rotatable bonds is 3. The molecule has 1 unspecified atom stereocenters. The van der Waals surface area contributed by atoms with Crippen LogP contribution >= 0.6 is 0 Å². The Hall–Kier alpha value is -2.13. The van der Waals surface area contributed by atoms with E-state index < -0.39 is 4.92 Å². The van der Waals surface area contributed by atoms with E-state index in [-0.39, 0.29) is 5.69 Å². The molecule has 1 aromatic carbocycles. The predicted molar refractivity (Wildman–Crippen MR) is 76.6 cm³/mol. The van der Waals surface area contributed by atoms with Gasteiger partial charge >= 0.3 is 0 Å². The van der Waals surface area contributed by atoms with E-state index in [0.717, 1.165) is 32.4 Å². The van der Waals surface area contributed by atoms with E-state index in [1.54, 1.807) is 6.07 Å². The Morgan fingerprint density at radius 3 is 2.95 bits per heavy atom. The van der Waals surface area contributed by atoms with E-state index in [9.17, 15) is 10.1 Å². The number of nitrogens with zero attached hydrogens (tertiary/aromatic N) is 3. The molecule has 106 valence electrons. The van der Waals surface area contributed by atoms with Crippen molar-refractivity contribution in [2.24, 2.45) is 0 Å². The number of anilines is 1. The topological polar surface area (TPSA) is 82.2 Å². The number of likely N-dealkylation sites (tertiary alicyclic amines) is 1. The van der Waals surface area contributed by atoms with Crippen LogP contribution in [0.4, 0.5) is 11.4 Å². The molecular formula is C14H18N4O2. The fraction of sp³-hybridized carbons (Fsp3) is 0.500. The maximum absolute atomic E-state index is 10.7. The van der Waals surface area contributed by atoms with Gasteiger partial charge in [0.2, 0.25) is 0 Å². The lowest BCUT2D eigenvalue weighted by Crippen LogP contribution is -2.23. The van der Waals surface area contributed by atoms with Gasteiger partial charge in [-0.2, -0.15) is 5.26 Å². The second-order valence-electron chi connectivity index (χ2n) is 5.17. The summed E-state index contributed by atoms with van der Waals surface area (Å²) in [4.78, 5) is 12.5. The first kappa shape index (κ1) is 14.3. The third kappa shape index (κ3) is 3.45. The lowest BCUT2D eigenvalue weighted by Gasteiger charge is -2.18. The molecule has 0 amide bonds. The Balaban J connectivity index is 2.12. The number of hydrogen-bond donors (Lipinski definition) is 1. The second-order valence-corrected chi connectivity index (χ2v) is 5.17. The molecule has 1 N–H and O–H groups in total. The smallest absolute Gasteiger partial charge is 0.270 e. The highest BCUT2D eigenvalue weighted by atomic mass is 16.6. The number of benzene rings is 1. The van der Waals surface area contributed by atoms with Crippen molar-refractivity contribution in [1.29, 1.82) is 5.26 Å². The Labute approximate surface area is 118 Å². The molecule has 1 heterocycles. The molecule has 0 aliphatic carbocycles.